The fourth-order valence-corrected chi connectivity index (χ4v) is 1.64. The van der Waals surface area contributed by atoms with E-state index in [9.17, 15) is 10.1 Å². The Morgan fingerprint density at radius 1 is 1.56 bits per heavy atom. The van der Waals surface area contributed by atoms with Crippen LogP contribution in [0.3, 0.4) is 0 Å². The maximum Gasteiger partial charge on any atom is 0.243 e. The van der Waals surface area contributed by atoms with E-state index >= 15 is 0 Å². The molecule has 0 aliphatic rings. The minimum absolute atomic E-state index is 0.0928. The molecule has 4 nitrogen and oxygen atoms in total. The van der Waals surface area contributed by atoms with Crippen molar-refractivity contribution in [3.63, 3.8) is 0 Å². The van der Waals surface area contributed by atoms with Gasteiger partial charge in [0.1, 0.15) is 5.75 Å². The van der Waals surface area contributed by atoms with Gasteiger partial charge in [0.15, 0.2) is 0 Å². The van der Waals surface area contributed by atoms with Crippen molar-refractivity contribution in [2.45, 2.75) is 11.8 Å². The number of hydrogen-bond acceptors (Lipinski definition) is 4. The van der Waals surface area contributed by atoms with Gasteiger partial charge in [0, 0.05) is 23.5 Å². The van der Waals surface area contributed by atoms with Crippen LogP contribution in [0.1, 0.15) is 12.5 Å². The highest BCUT2D eigenvalue weighted by Crippen LogP contribution is 2.26. The molecule has 0 unspecified atom stereocenters. The van der Waals surface area contributed by atoms with E-state index in [0.717, 1.165) is 10.5 Å². The molecule has 0 N–H and O–H groups in total. The Morgan fingerprint density at radius 3 is 2.75 bits per heavy atom. The van der Waals surface area contributed by atoms with Crippen LogP contribution in [-0.4, -0.2) is 18.3 Å². The van der Waals surface area contributed by atoms with E-state index in [1.165, 1.54) is 13.0 Å². The molecular weight excluding hydrogens is 226 g/mol. The summed E-state index contributed by atoms with van der Waals surface area (Å²) in [6.45, 7) is 1.46. The molecule has 0 fully saturated rings. The molecule has 0 aliphatic carbocycles. The minimum atomic E-state index is -0.415. The molecule has 5 heteroatoms. The number of methoxy groups -OCH3 is 1. The van der Waals surface area contributed by atoms with Gasteiger partial charge in [0.2, 0.25) is 5.70 Å². The van der Waals surface area contributed by atoms with Gasteiger partial charge in [-0.3, -0.25) is 10.1 Å². The first-order valence-electron chi connectivity index (χ1n) is 4.63. The van der Waals surface area contributed by atoms with Crippen LogP contribution < -0.4 is 4.74 Å². The van der Waals surface area contributed by atoms with Gasteiger partial charge in [0.25, 0.3) is 0 Å². The first kappa shape index (κ1) is 12.6. The number of allylic oxidation sites excluding steroid dienone is 1. The summed E-state index contributed by atoms with van der Waals surface area (Å²) >= 11 is 1.60. The second-order valence-electron chi connectivity index (χ2n) is 3.15. The molecule has 0 bridgehead atoms. The maximum absolute atomic E-state index is 10.5. The predicted molar refractivity (Wildman–Crippen MR) is 65.4 cm³/mol. The van der Waals surface area contributed by atoms with E-state index in [2.05, 4.69) is 0 Å². The smallest absolute Gasteiger partial charge is 0.243 e. The SMILES string of the molecule is COc1cc(SC)ccc1C=C(C)[N+](=O)[O-]. The van der Waals surface area contributed by atoms with E-state index < -0.39 is 4.92 Å². The minimum Gasteiger partial charge on any atom is -0.496 e. The monoisotopic (exact) mass is 239 g/mol. The van der Waals surface area contributed by atoms with E-state index in [-0.39, 0.29) is 5.70 Å². The van der Waals surface area contributed by atoms with Crippen LogP contribution in [0, 0.1) is 10.1 Å². The molecular formula is C11H13NO3S. The van der Waals surface area contributed by atoms with Crippen molar-refractivity contribution in [1.29, 1.82) is 0 Å². The van der Waals surface area contributed by atoms with Crippen molar-refractivity contribution in [1.82, 2.24) is 0 Å². The normalized spacial score (nSPS) is 11.3. The molecule has 0 heterocycles. The van der Waals surface area contributed by atoms with Crippen molar-refractivity contribution >= 4 is 17.8 Å². The van der Waals surface area contributed by atoms with Crippen LogP contribution >= 0.6 is 11.8 Å². The highest BCUT2D eigenvalue weighted by molar-refractivity contribution is 7.98. The van der Waals surface area contributed by atoms with Crippen molar-refractivity contribution in [3.8, 4) is 5.75 Å². The lowest BCUT2D eigenvalue weighted by Crippen LogP contribution is -1.94. The predicted octanol–water partition coefficient (Wildman–Crippen LogP) is 3.05. The van der Waals surface area contributed by atoms with Gasteiger partial charge < -0.3 is 4.74 Å². The van der Waals surface area contributed by atoms with Crippen LogP contribution in [-0.2, 0) is 0 Å². The van der Waals surface area contributed by atoms with Crippen LogP contribution in [0.15, 0.2) is 28.8 Å². The van der Waals surface area contributed by atoms with Crippen molar-refractivity contribution < 1.29 is 9.66 Å². The molecule has 0 saturated carbocycles. The summed E-state index contributed by atoms with van der Waals surface area (Å²) in [7, 11) is 1.55. The van der Waals surface area contributed by atoms with Gasteiger partial charge >= 0.3 is 0 Å². The van der Waals surface area contributed by atoms with Crippen LogP contribution in [0.25, 0.3) is 6.08 Å². The highest BCUT2D eigenvalue weighted by Gasteiger charge is 2.07. The van der Waals surface area contributed by atoms with Gasteiger partial charge in [-0.25, -0.2) is 0 Å². The zero-order valence-corrected chi connectivity index (χ0v) is 10.2. The number of ether oxygens (including phenoxy) is 1. The Kier molecular flexibility index (Phi) is 4.37. The second-order valence-corrected chi connectivity index (χ2v) is 4.03. The number of thioether (sulfide) groups is 1. The third-order valence-electron chi connectivity index (χ3n) is 2.09. The van der Waals surface area contributed by atoms with E-state index in [4.69, 9.17) is 4.74 Å². The molecule has 0 aromatic heterocycles. The molecule has 0 saturated heterocycles. The Labute approximate surface area is 98.5 Å². The number of rotatable bonds is 4. The fraction of sp³-hybridized carbons (Fsp3) is 0.273. The molecule has 0 aliphatic heterocycles. The molecule has 0 atom stereocenters. The van der Waals surface area contributed by atoms with Gasteiger partial charge in [-0.15, -0.1) is 11.8 Å². The van der Waals surface area contributed by atoms with Crippen molar-refractivity contribution in [2.24, 2.45) is 0 Å². The Morgan fingerprint density at radius 2 is 2.25 bits per heavy atom. The lowest BCUT2D eigenvalue weighted by Gasteiger charge is -2.06. The topological polar surface area (TPSA) is 52.4 Å². The van der Waals surface area contributed by atoms with Crippen LogP contribution in [0.4, 0.5) is 0 Å². The van der Waals surface area contributed by atoms with Crippen molar-refractivity contribution in [3.05, 3.63) is 39.6 Å². The van der Waals surface area contributed by atoms with Crippen molar-refractivity contribution in [2.75, 3.05) is 13.4 Å². The standard InChI is InChI=1S/C11H13NO3S/c1-8(12(13)14)6-9-4-5-10(16-3)7-11(9)15-2/h4-7H,1-3H3. The molecule has 1 aromatic rings. The molecule has 0 spiro atoms. The van der Waals surface area contributed by atoms with Gasteiger partial charge in [-0.1, -0.05) is 0 Å². The number of benzene rings is 1. The molecule has 0 amide bonds. The molecule has 86 valence electrons. The van der Waals surface area contributed by atoms with Crippen LogP contribution in [0.2, 0.25) is 0 Å². The Bertz CT molecular complexity index is 429. The third kappa shape index (κ3) is 3.00. The summed E-state index contributed by atoms with van der Waals surface area (Å²) < 4.78 is 5.19. The Balaban J connectivity index is 3.14. The summed E-state index contributed by atoms with van der Waals surface area (Å²) in [5, 5.41) is 10.5. The van der Waals surface area contributed by atoms with E-state index in [1.807, 2.05) is 24.5 Å². The number of hydrogen-bond donors (Lipinski definition) is 0. The first-order chi connectivity index (χ1) is 7.58. The van der Waals surface area contributed by atoms with E-state index in [0.29, 0.717) is 5.75 Å². The second kappa shape index (κ2) is 5.55. The Hall–Kier alpha value is -1.49. The van der Waals surface area contributed by atoms with Gasteiger partial charge in [-0.2, -0.15) is 0 Å². The van der Waals surface area contributed by atoms with Gasteiger partial charge in [0.05, 0.1) is 12.0 Å². The first-order valence-corrected chi connectivity index (χ1v) is 5.85. The average molecular weight is 239 g/mol. The molecule has 1 aromatic carbocycles. The average Bonchev–Trinajstić information content (AvgIpc) is 2.29. The number of nitro groups is 1. The maximum atomic E-state index is 10.5. The summed E-state index contributed by atoms with van der Waals surface area (Å²) in [6.07, 6.45) is 3.47. The lowest BCUT2D eigenvalue weighted by atomic mass is 10.2. The molecule has 1 rings (SSSR count). The lowest BCUT2D eigenvalue weighted by molar-refractivity contribution is -0.422. The highest BCUT2D eigenvalue weighted by atomic mass is 32.2. The largest absolute Gasteiger partial charge is 0.496 e. The fourth-order valence-electron chi connectivity index (χ4n) is 1.22. The quantitative estimate of drug-likeness (QED) is 0.460. The summed E-state index contributed by atoms with van der Waals surface area (Å²) in [4.78, 5) is 11.2. The summed E-state index contributed by atoms with van der Waals surface area (Å²) in [6, 6.07) is 5.59. The summed E-state index contributed by atoms with van der Waals surface area (Å²) in [5.41, 5.74) is 0.810. The molecule has 0 radical (unpaired) electrons. The van der Waals surface area contributed by atoms with Gasteiger partial charge in [-0.05, 0) is 24.5 Å². The zero-order chi connectivity index (χ0) is 12.1. The van der Waals surface area contributed by atoms with Crippen LogP contribution in [0.5, 0.6) is 5.75 Å². The summed E-state index contributed by atoms with van der Waals surface area (Å²) in [5.74, 6) is 0.646. The third-order valence-corrected chi connectivity index (χ3v) is 2.82. The van der Waals surface area contributed by atoms with E-state index in [1.54, 1.807) is 18.9 Å². The molecule has 16 heavy (non-hydrogen) atoms. The number of nitrogens with zero attached hydrogens (tertiary/aromatic N) is 1. The zero-order valence-electron chi connectivity index (χ0n) is 9.39.